The Hall–Kier alpha value is -3.68. The fourth-order valence-corrected chi connectivity index (χ4v) is 3.04. The van der Waals surface area contributed by atoms with Gasteiger partial charge in [-0.15, -0.1) is 0 Å². The molecule has 29 heavy (non-hydrogen) atoms. The van der Waals surface area contributed by atoms with Gasteiger partial charge in [-0.05, 0) is 37.3 Å². The lowest BCUT2D eigenvalue weighted by atomic mass is 10.2. The summed E-state index contributed by atoms with van der Waals surface area (Å²) in [7, 11) is 0. The standard InChI is InChI=1S/C21H15F3N4O/c1-13-18(12-26-28(13)17-7-4-6-15(10-17)21(22,23)24)20(29)27-16-9-14-5-2-3-8-19(14)25-11-16/h2-12H,1H3,(H,27,29). The van der Waals surface area contributed by atoms with Crippen molar-refractivity contribution in [3.8, 4) is 5.69 Å². The van der Waals surface area contributed by atoms with Crippen LogP contribution in [0.4, 0.5) is 18.9 Å². The molecule has 1 amide bonds. The Bertz CT molecular complexity index is 1210. The first-order chi connectivity index (χ1) is 13.8. The Morgan fingerprint density at radius 3 is 2.62 bits per heavy atom. The van der Waals surface area contributed by atoms with E-state index in [1.807, 2.05) is 24.3 Å². The third-order valence-electron chi connectivity index (χ3n) is 4.52. The summed E-state index contributed by atoms with van der Waals surface area (Å²) in [5, 5.41) is 7.73. The first kappa shape index (κ1) is 18.7. The number of halogens is 3. The van der Waals surface area contributed by atoms with Crippen LogP contribution in [0.2, 0.25) is 0 Å². The second-order valence-corrected chi connectivity index (χ2v) is 6.47. The van der Waals surface area contributed by atoms with Crippen molar-refractivity contribution in [2.75, 3.05) is 5.32 Å². The topological polar surface area (TPSA) is 59.8 Å². The van der Waals surface area contributed by atoms with E-state index in [0.29, 0.717) is 11.4 Å². The van der Waals surface area contributed by atoms with E-state index in [1.165, 1.54) is 23.0 Å². The summed E-state index contributed by atoms with van der Waals surface area (Å²) in [4.78, 5) is 17.0. The van der Waals surface area contributed by atoms with Crippen LogP contribution in [0.25, 0.3) is 16.6 Å². The summed E-state index contributed by atoms with van der Waals surface area (Å²) in [6.07, 6.45) is -1.58. The number of aromatic nitrogens is 3. The third kappa shape index (κ3) is 3.69. The Morgan fingerprint density at radius 1 is 1.03 bits per heavy atom. The molecule has 2 aromatic carbocycles. The largest absolute Gasteiger partial charge is 0.416 e. The van der Waals surface area contributed by atoms with E-state index in [2.05, 4.69) is 15.4 Å². The molecule has 0 unspecified atom stereocenters. The van der Waals surface area contributed by atoms with Gasteiger partial charge in [-0.3, -0.25) is 9.78 Å². The lowest BCUT2D eigenvalue weighted by Crippen LogP contribution is -2.13. The van der Waals surface area contributed by atoms with Gasteiger partial charge < -0.3 is 5.32 Å². The molecule has 0 spiro atoms. The van der Waals surface area contributed by atoms with E-state index in [9.17, 15) is 18.0 Å². The van der Waals surface area contributed by atoms with Gasteiger partial charge in [0.2, 0.25) is 0 Å². The van der Waals surface area contributed by atoms with Gasteiger partial charge in [0.05, 0.1) is 46.1 Å². The summed E-state index contributed by atoms with van der Waals surface area (Å²) in [5.74, 6) is -0.419. The maximum atomic E-state index is 13.0. The second-order valence-electron chi connectivity index (χ2n) is 6.47. The fraction of sp³-hybridized carbons (Fsp3) is 0.0952. The van der Waals surface area contributed by atoms with Crippen molar-refractivity contribution >= 4 is 22.5 Å². The van der Waals surface area contributed by atoms with Crippen LogP contribution in [0.1, 0.15) is 21.6 Å². The number of nitrogens with zero attached hydrogens (tertiary/aromatic N) is 3. The van der Waals surface area contributed by atoms with Crippen molar-refractivity contribution in [1.29, 1.82) is 0 Å². The monoisotopic (exact) mass is 396 g/mol. The van der Waals surface area contributed by atoms with Crippen LogP contribution >= 0.6 is 0 Å². The molecule has 0 fully saturated rings. The van der Waals surface area contributed by atoms with Crippen LogP contribution in [0.15, 0.2) is 67.0 Å². The van der Waals surface area contributed by atoms with Crippen molar-refractivity contribution in [1.82, 2.24) is 14.8 Å². The van der Waals surface area contributed by atoms with Crippen LogP contribution in [0.3, 0.4) is 0 Å². The second kappa shape index (κ2) is 7.05. The fourth-order valence-electron chi connectivity index (χ4n) is 3.04. The van der Waals surface area contributed by atoms with Gasteiger partial charge in [0, 0.05) is 5.39 Å². The van der Waals surface area contributed by atoms with E-state index in [4.69, 9.17) is 0 Å². The average molecular weight is 396 g/mol. The van der Waals surface area contributed by atoms with E-state index in [0.717, 1.165) is 23.0 Å². The Morgan fingerprint density at radius 2 is 1.83 bits per heavy atom. The molecule has 4 aromatic rings. The van der Waals surface area contributed by atoms with E-state index in [1.54, 1.807) is 19.2 Å². The number of alkyl halides is 3. The molecule has 0 atom stereocenters. The highest BCUT2D eigenvalue weighted by Crippen LogP contribution is 2.30. The van der Waals surface area contributed by atoms with Crippen LogP contribution < -0.4 is 5.32 Å². The highest BCUT2D eigenvalue weighted by atomic mass is 19.4. The number of fused-ring (bicyclic) bond motifs is 1. The minimum Gasteiger partial charge on any atom is -0.320 e. The lowest BCUT2D eigenvalue weighted by Gasteiger charge is -2.10. The number of pyridine rings is 1. The van der Waals surface area contributed by atoms with Crippen molar-refractivity contribution in [3.05, 3.63) is 83.8 Å². The number of anilines is 1. The zero-order valence-electron chi connectivity index (χ0n) is 15.2. The van der Waals surface area contributed by atoms with Crippen LogP contribution in [0, 0.1) is 6.92 Å². The van der Waals surface area contributed by atoms with Crippen LogP contribution in [-0.2, 0) is 6.18 Å². The maximum Gasteiger partial charge on any atom is 0.416 e. The van der Waals surface area contributed by atoms with Crippen molar-refractivity contribution in [2.45, 2.75) is 13.1 Å². The molecule has 2 aromatic heterocycles. The van der Waals surface area contributed by atoms with Crippen molar-refractivity contribution in [2.24, 2.45) is 0 Å². The first-order valence-electron chi connectivity index (χ1n) is 8.71. The van der Waals surface area contributed by atoms with Crippen LogP contribution in [0.5, 0.6) is 0 Å². The number of rotatable bonds is 3. The number of carbonyl (C=O) groups excluding carboxylic acids is 1. The smallest absolute Gasteiger partial charge is 0.320 e. The SMILES string of the molecule is Cc1c(C(=O)Nc2cnc3ccccc3c2)cnn1-c1cccc(C(F)(F)F)c1. The number of para-hydroxylation sites is 1. The van der Waals surface area contributed by atoms with E-state index >= 15 is 0 Å². The Kier molecular flexibility index (Phi) is 4.54. The van der Waals surface area contributed by atoms with Crippen molar-refractivity contribution in [3.63, 3.8) is 0 Å². The molecule has 0 saturated carbocycles. The number of hydrogen-bond donors (Lipinski definition) is 1. The highest BCUT2D eigenvalue weighted by molar-refractivity contribution is 6.05. The summed E-state index contributed by atoms with van der Waals surface area (Å²) >= 11 is 0. The average Bonchev–Trinajstić information content (AvgIpc) is 3.09. The van der Waals surface area contributed by atoms with Gasteiger partial charge in [-0.25, -0.2) is 4.68 Å². The molecule has 0 aliphatic carbocycles. The summed E-state index contributed by atoms with van der Waals surface area (Å²) in [6.45, 7) is 1.63. The zero-order chi connectivity index (χ0) is 20.6. The molecule has 0 bridgehead atoms. The molecule has 0 saturated heterocycles. The van der Waals surface area contributed by atoms with Gasteiger partial charge in [0.1, 0.15) is 0 Å². The number of benzene rings is 2. The molecular weight excluding hydrogens is 381 g/mol. The summed E-state index contributed by atoms with van der Waals surface area (Å²) < 4.78 is 40.2. The van der Waals surface area contributed by atoms with Crippen LogP contribution in [-0.4, -0.2) is 20.7 Å². The molecule has 5 nitrogen and oxygen atoms in total. The maximum absolute atomic E-state index is 13.0. The number of hydrogen-bond acceptors (Lipinski definition) is 3. The predicted octanol–water partition coefficient (Wildman–Crippen LogP) is 5.00. The molecule has 146 valence electrons. The number of nitrogens with one attached hydrogen (secondary N) is 1. The van der Waals surface area contributed by atoms with E-state index in [-0.39, 0.29) is 11.3 Å². The molecular formula is C21H15F3N4O. The highest BCUT2D eigenvalue weighted by Gasteiger charge is 2.30. The summed E-state index contributed by atoms with van der Waals surface area (Å²) in [5.41, 5.74) is 1.45. The van der Waals surface area contributed by atoms with Crippen molar-refractivity contribution < 1.29 is 18.0 Å². The van der Waals surface area contributed by atoms with Gasteiger partial charge in [-0.1, -0.05) is 24.3 Å². The zero-order valence-corrected chi connectivity index (χ0v) is 15.2. The molecule has 2 heterocycles. The normalized spacial score (nSPS) is 11.6. The van der Waals surface area contributed by atoms with E-state index < -0.39 is 17.6 Å². The summed E-state index contributed by atoms with van der Waals surface area (Å²) in [6, 6.07) is 14.1. The molecule has 1 N–H and O–H groups in total. The minimum absolute atomic E-state index is 0.226. The lowest BCUT2D eigenvalue weighted by molar-refractivity contribution is -0.137. The van der Waals surface area contributed by atoms with Gasteiger partial charge >= 0.3 is 6.18 Å². The molecule has 0 aliphatic rings. The van der Waals surface area contributed by atoms with Gasteiger partial charge in [-0.2, -0.15) is 18.3 Å². The molecule has 0 aliphatic heterocycles. The minimum atomic E-state index is -4.46. The number of amides is 1. The number of carbonyl (C=O) groups is 1. The third-order valence-corrected chi connectivity index (χ3v) is 4.52. The quantitative estimate of drug-likeness (QED) is 0.530. The molecule has 4 rings (SSSR count). The van der Waals surface area contributed by atoms with Gasteiger partial charge in [0.25, 0.3) is 5.91 Å². The molecule has 8 heteroatoms. The Labute approximate surface area is 163 Å². The van der Waals surface area contributed by atoms with Gasteiger partial charge in [0.15, 0.2) is 0 Å². The Balaban J connectivity index is 1.61. The molecule has 0 radical (unpaired) electrons. The first-order valence-corrected chi connectivity index (χ1v) is 8.71. The predicted molar refractivity (Wildman–Crippen MR) is 103 cm³/mol.